The topological polar surface area (TPSA) is 78.9 Å². The predicted octanol–water partition coefficient (Wildman–Crippen LogP) is 1.37. The van der Waals surface area contributed by atoms with Gasteiger partial charge in [-0.15, -0.1) is 0 Å². The molecule has 0 fully saturated rings. The van der Waals surface area contributed by atoms with Crippen LogP contribution in [0, 0.1) is 0 Å². The third-order valence-corrected chi connectivity index (χ3v) is 2.99. The van der Waals surface area contributed by atoms with Crippen LogP contribution in [0.5, 0.6) is 5.75 Å². The van der Waals surface area contributed by atoms with E-state index in [2.05, 4.69) is 13.8 Å². The third-order valence-electron chi connectivity index (χ3n) is 2.50. The number of ether oxygens (including phenoxy) is 1. The monoisotopic (exact) mass is 253 g/mol. The highest BCUT2D eigenvalue weighted by Gasteiger charge is 2.23. The van der Waals surface area contributed by atoms with Gasteiger partial charge >= 0.3 is 0 Å². The summed E-state index contributed by atoms with van der Waals surface area (Å²) in [5.74, 6) is 0.680. The van der Waals surface area contributed by atoms with Gasteiger partial charge in [-0.3, -0.25) is 4.68 Å². The first-order chi connectivity index (χ1) is 8.15. The SMILES string of the molecule is COc1cnn(C(C)C)c1C(N)c1cnsn1. The van der Waals surface area contributed by atoms with E-state index in [9.17, 15) is 0 Å². The van der Waals surface area contributed by atoms with E-state index >= 15 is 0 Å². The maximum atomic E-state index is 6.18. The Morgan fingerprint density at radius 3 is 2.71 bits per heavy atom. The summed E-state index contributed by atoms with van der Waals surface area (Å²) in [5, 5.41) is 4.28. The lowest BCUT2D eigenvalue weighted by atomic mass is 10.1. The van der Waals surface area contributed by atoms with Gasteiger partial charge in [-0.2, -0.15) is 13.8 Å². The molecular weight excluding hydrogens is 238 g/mol. The van der Waals surface area contributed by atoms with Gasteiger partial charge in [0.1, 0.15) is 5.69 Å². The van der Waals surface area contributed by atoms with E-state index in [1.165, 1.54) is 0 Å². The van der Waals surface area contributed by atoms with Crippen LogP contribution >= 0.6 is 11.7 Å². The first-order valence-electron chi connectivity index (χ1n) is 5.29. The second-order valence-corrected chi connectivity index (χ2v) is 4.50. The van der Waals surface area contributed by atoms with Gasteiger partial charge in [0.25, 0.3) is 0 Å². The number of nitrogens with two attached hydrogens (primary N) is 1. The fourth-order valence-corrected chi connectivity index (χ4v) is 2.13. The standard InChI is InChI=1S/C10H15N5OS/c1-6(2)15-10(8(16-3)5-12-15)9(11)7-4-13-17-14-7/h4-6,9H,11H2,1-3H3. The Labute approximate surface area is 104 Å². The van der Waals surface area contributed by atoms with E-state index in [-0.39, 0.29) is 12.1 Å². The second kappa shape index (κ2) is 4.80. The molecule has 2 heterocycles. The van der Waals surface area contributed by atoms with Crippen LogP contribution in [-0.4, -0.2) is 25.6 Å². The maximum absolute atomic E-state index is 6.18. The Balaban J connectivity index is 2.45. The van der Waals surface area contributed by atoms with Crippen molar-refractivity contribution in [1.29, 1.82) is 0 Å². The smallest absolute Gasteiger partial charge is 0.161 e. The van der Waals surface area contributed by atoms with E-state index < -0.39 is 0 Å². The van der Waals surface area contributed by atoms with Crippen molar-refractivity contribution in [1.82, 2.24) is 18.5 Å². The lowest BCUT2D eigenvalue weighted by molar-refractivity contribution is 0.400. The van der Waals surface area contributed by atoms with Gasteiger partial charge in [-0.1, -0.05) is 0 Å². The van der Waals surface area contributed by atoms with Crippen molar-refractivity contribution in [2.45, 2.75) is 25.9 Å². The molecular formula is C10H15N5OS. The zero-order valence-electron chi connectivity index (χ0n) is 9.99. The number of aromatic nitrogens is 4. The molecule has 1 unspecified atom stereocenters. The summed E-state index contributed by atoms with van der Waals surface area (Å²) in [7, 11) is 1.61. The number of methoxy groups -OCH3 is 1. The van der Waals surface area contributed by atoms with Crippen molar-refractivity contribution in [3.63, 3.8) is 0 Å². The highest BCUT2D eigenvalue weighted by Crippen LogP contribution is 2.29. The van der Waals surface area contributed by atoms with E-state index in [1.807, 2.05) is 18.5 Å². The molecule has 0 amide bonds. The molecule has 92 valence electrons. The number of rotatable bonds is 4. The van der Waals surface area contributed by atoms with Crippen molar-refractivity contribution in [3.05, 3.63) is 23.8 Å². The van der Waals surface area contributed by atoms with Crippen LogP contribution in [-0.2, 0) is 0 Å². The lowest BCUT2D eigenvalue weighted by Crippen LogP contribution is -2.19. The van der Waals surface area contributed by atoms with Crippen molar-refractivity contribution in [3.8, 4) is 5.75 Å². The van der Waals surface area contributed by atoms with Crippen molar-refractivity contribution >= 4 is 11.7 Å². The Hall–Kier alpha value is -1.47. The molecule has 0 aromatic carbocycles. The lowest BCUT2D eigenvalue weighted by Gasteiger charge is -2.16. The van der Waals surface area contributed by atoms with E-state index in [1.54, 1.807) is 19.5 Å². The number of hydrogen-bond donors (Lipinski definition) is 1. The van der Waals surface area contributed by atoms with Crippen LogP contribution in [0.2, 0.25) is 0 Å². The van der Waals surface area contributed by atoms with Crippen LogP contribution in [0.25, 0.3) is 0 Å². The molecule has 2 aromatic heterocycles. The summed E-state index contributed by atoms with van der Waals surface area (Å²) in [5.41, 5.74) is 7.74. The molecule has 0 aliphatic rings. The van der Waals surface area contributed by atoms with Crippen LogP contribution in [0.4, 0.5) is 0 Å². The van der Waals surface area contributed by atoms with Gasteiger partial charge in [0.15, 0.2) is 5.75 Å². The fourth-order valence-electron chi connectivity index (χ4n) is 1.67. The van der Waals surface area contributed by atoms with Crippen LogP contribution in [0.3, 0.4) is 0 Å². The molecule has 2 aromatic rings. The van der Waals surface area contributed by atoms with Gasteiger partial charge < -0.3 is 10.5 Å². The third kappa shape index (κ3) is 2.16. The van der Waals surface area contributed by atoms with E-state index in [0.717, 1.165) is 23.1 Å². The molecule has 0 radical (unpaired) electrons. The van der Waals surface area contributed by atoms with E-state index in [0.29, 0.717) is 5.75 Å². The second-order valence-electron chi connectivity index (χ2n) is 3.95. The molecule has 0 saturated carbocycles. The van der Waals surface area contributed by atoms with Crippen LogP contribution in [0.15, 0.2) is 12.4 Å². The van der Waals surface area contributed by atoms with Gasteiger partial charge in [0.2, 0.25) is 0 Å². The summed E-state index contributed by atoms with van der Waals surface area (Å²) in [6, 6.07) is -0.153. The molecule has 0 aliphatic carbocycles. The highest BCUT2D eigenvalue weighted by atomic mass is 32.1. The number of nitrogens with zero attached hydrogens (tertiary/aromatic N) is 4. The van der Waals surface area contributed by atoms with Gasteiger partial charge in [0.05, 0.1) is 43.0 Å². The summed E-state index contributed by atoms with van der Waals surface area (Å²) in [6.07, 6.45) is 3.35. The molecule has 0 aliphatic heterocycles. The van der Waals surface area contributed by atoms with Crippen LogP contribution < -0.4 is 10.5 Å². The van der Waals surface area contributed by atoms with Crippen molar-refractivity contribution < 1.29 is 4.74 Å². The Kier molecular flexibility index (Phi) is 3.39. The molecule has 2 N–H and O–H groups in total. The fraction of sp³-hybridized carbons (Fsp3) is 0.500. The van der Waals surface area contributed by atoms with Crippen LogP contribution in [0.1, 0.15) is 37.3 Å². The number of hydrogen-bond acceptors (Lipinski definition) is 6. The zero-order chi connectivity index (χ0) is 12.4. The summed E-state index contributed by atoms with van der Waals surface area (Å²) in [6.45, 7) is 4.09. The van der Waals surface area contributed by atoms with Crippen molar-refractivity contribution in [2.75, 3.05) is 7.11 Å². The first kappa shape index (κ1) is 12.0. The van der Waals surface area contributed by atoms with Gasteiger partial charge in [-0.05, 0) is 13.8 Å². The van der Waals surface area contributed by atoms with E-state index in [4.69, 9.17) is 10.5 Å². The minimum absolute atomic E-state index is 0.214. The molecule has 0 bridgehead atoms. The van der Waals surface area contributed by atoms with Gasteiger partial charge in [-0.25, -0.2) is 0 Å². The average molecular weight is 253 g/mol. The molecule has 6 nitrogen and oxygen atoms in total. The van der Waals surface area contributed by atoms with Gasteiger partial charge in [0, 0.05) is 6.04 Å². The van der Waals surface area contributed by atoms with Crippen molar-refractivity contribution in [2.24, 2.45) is 5.73 Å². The molecule has 2 rings (SSSR count). The molecule has 1 atom stereocenters. The zero-order valence-corrected chi connectivity index (χ0v) is 10.8. The molecule has 0 spiro atoms. The summed E-state index contributed by atoms with van der Waals surface area (Å²) < 4.78 is 15.3. The normalized spacial score (nSPS) is 13.0. The highest BCUT2D eigenvalue weighted by molar-refractivity contribution is 6.99. The molecule has 17 heavy (non-hydrogen) atoms. The molecule has 0 saturated heterocycles. The summed E-state index contributed by atoms with van der Waals surface area (Å²) in [4.78, 5) is 0. The quantitative estimate of drug-likeness (QED) is 0.890. The summed E-state index contributed by atoms with van der Waals surface area (Å²) >= 11 is 1.14. The Bertz CT molecular complexity index is 479. The Morgan fingerprint density at radius 1 is 1.41 bits per heavy atom. The minimum atomic E-state index is -0.367. The first-order valence-corrected chi connectivity index (χ1v) is 6.02. The predicted molar refractivity (Wildman–Crippen MR) is 65.1 cm³/mol. The Morgan fingerprint density at radius 2 is 2.18 bits per heavy atom. The largest absolute Gasteiger partial charge is 0.493 e. The average Bonchev–Trinajstić information content (AvgIpc) is 2.96. The molecule has 7 heteroatoms. The minimum Gasteiger partial charge on any atom is -0.493 e. The maximum Gasteiger partial charge on any atom is 0.161 e.